The first kappa shape index (κ1) is 13.9. The van der Waals surface area contributed by atoms with Gasteiger partial charge in [-0.3, -0.25) is 0 Å². The molecule has 3 heteroatoms. The van der Waals surface area contributed by atoms with Crippen LogP contribution in [0.15, 0.2) is 36.4 Å². The Labute approximate surface area is 125 Å². The standard InChI is InChI=1S/C18H21FN2/c1-12-7-8-13(11-18(12)21(2)3)20-17-10-9-14-15(17)5-4-6-16(14)19/h4-8,11,17,20H,9-10H2,1-3H3. The van der Waals surface area contributed by atoms with Gasteiger partial charge in [-0.1, -0.05) is 18.2 Å². The molecule has 1 N–H and O–H groups in total. The molecule has 0 spiro atoms. The van der Waals surface area contributed by atoms with Gasteiger partial charge < -0.3 is 10.2 Å². The van der Waals surface area contributed by atoms with Gasteiger partial charge in [0.15, 0.2) is 0 Å². The van der Waals surface area contributed by atoms with Crippen LogP contribution in [-0.4, -0.2) is 14.1 Å². The van der Waals surface area contributed by atoms with E-state index in [2.05, 4.69) is 35.3 Å². The van der Waals surface area contributed by atoms with E-state index in [0.29, 0.717) is 0 Å². The third kappa shape index (κ3) is 2.60. The molecule has 3 rings (SSSR count). The van der Waals surface area contributed by atoms with Crippen molar-refractivity contribution in [2.75, 3.05) is 24.3 Å². The van der Waals surface area contributed by atoms with Gasteiger partial charge in [-0.05, 0) is 54.7 Å². The topological polar surface area (TPSA) is 15.3 Å². The van der Waals surface area contributed by atoms with Crippen molar-refractivity contribution >= 4 is 11.4 Å². The summed E-state index contributed by atoms with van der Waals surface area (Å²) in [5.41, 5.74) is 5.52. The summed E-state index contributed by atoms with van der Waals surface area (Å²) >= 11 is 0. The molecule has 1 aliphatic rings. The molecule has 2 nitrogen and oxygen atoms in total. The molecule has 0 fully saturated rings. The lowest BCUT2D eigenvalue weighted by Gasteiger charge is -2.20. The normalized spacial score (nSPS) is 16.7. The Kier molecular flexibility index (Phi) is 3.58. The second kappa shape index (κ2) is 5.40. The van der Waals surface area contributed by atoms with Crippen LogP contribution < -0.4 is 10.2 Å². The summed E-state index contributed by atoms with van der Waals surface area (Å²) in [4.78, 5) is 2.11. The number of rotatable bonds is 3. The van der Waals surface area contributed by atoms with Crippen LogP contribution in [0.2, 0.25) is 0 Å². The van der Waals surface area contributed by atoms with E-state index in [0.717, 1.165) is 29.7 Å². The average Bonchev–Trinajstić information content (AvgIpc) is 2.85. The van der Waals surface area contributed by atoms with Crippen LogP contribution in [0.5, 0.6) is 0 Å². The SMILES string of the molecule is Cc1ccc(NC2CCc3c(F)cccc32)cc1N(C)C. The largest absolute Gasteiger partial charge is 0.378 e. The maximum Gasteiger partial charge on any atom is 0.126 e. The van der Waals surface area contributed by atoms with Crippen molar-refractivity contribution in [2.45, 2.75) is 25.8 Å². The second-order valence-electron chi connectivity index (χ2n) is 5.94. The second-order valence-corrected chi connectivity index (χ2v) is 5.94. The molecule has 110 valence electrons. The number of halogens is 1. The van der Waals surface area contributed by atoms with Gasteiger partial charge in [-0.2, -0.15) is 0 Å². The molecule has 0 saturated heterocycles. The van der Waals surface area contributed by atoms with Gasteiger partial charge >= 0.3 is 0 Å². The number of anilines is 2. The Bertz CT molecular complexity index is 664. The van der Waals surface area contributed by atoms with Gasteiger partial charge in [0.25, 0.3) is 0 Å². The van der Waals surface area contributed by atoms with Gasteiger partial charge in [0.05, 0.1) is 6.04 Å². The third-order valence-electron chi connectivity index (χ3n) is 4.25. The minimum Gasteiger partial charge on any atom is -0.378 e. The first-order valence-electron chi connectivity index (χ1n) is 7.38. The number of hydrogen-bond donors (Lipinski definition) is 1. The molecule has 0 heterocycles. The van der Waals surface area contributed by atoms with Crippen molar-refractivity contribution < 1.29 is 4.39 Å². The summed E-state index contributed by atoms with van der Waals surface area (Å²) in [6.45, 7) is 2.11. The smallest absolute Gasteiger partial charge is 0.126 e. The molecule has 2 aromatic rings. The summed E-state index contributed by atoms with van der Waals surface area (Å²) in [5, 5.41) is 3.55. The first-order valence-corrected chi connectivity index (χ1v) is 7.38. The number of hydrogen-bond acceptors (Lipinski definition) is 2. The van der Waals surface area contributed by atoms with Crippen molar-refractivity contribution in [2.24, 2.45) is 0 Å². The maximum atomic E-state index is 13.8. The number of nitrogens with zero attached hydrogens (tertiary/aromatic N) is 1. The van der Waals surface area contributed by atoms with Gasteiger partial charge in [0.2, 0.25) is 0 Å². The van der Waals surface area contributed by atoms with E-state index >= 15 is 0 Å². The Morgan fingerprint density at radius 2 is 2.00 bits per heavy atom. The molecule has 21 heavy (non-hydrogen) atoms. The van der Waals surface area contributed by atoms with E-state index in [1.807, 2.05) is 20.2 Å². The molecular weight excluding hydrogens is 263 g/mol. The summed E-state index contributed by atoms with van der Waals surface area (Å²) in [6.07, 6.45) is 1.76. The highest BCUT2D eigenvalue weighted by Gasteiger charge is 2.24. The fourth-order valence-electron chi connectivity index (χ4n) is 3.14. The minimum atomic E-state index is -0.0744. The molecule has 0 radical (unpaired) electrons. The molecule has 0 aliphatic heterocycles. The lowest BCUT2D eigenvalue weighted by atomic mass is 10.1. The zero-order chi connectivity index (χ0) is 15.0. The van der Waals surface area contributed by atoms with E-state index < -0.39 is 0 Å². The number of benzene rings is 2. The Morgan fingerprint density at radius 3 is 2.76 bits per heavy atom. The zero-order valence-electron chi connectivity index (χ0n) is 12.8. The lowest BCUT2D eigenvalue weighted by molar-refractivity contribution is 0.612. The van der Waals surface area contributed by atoms with E-state index in [-0.39, 0.29) is 11.9 Å². The molecule has 1 atom stereocenters. The van der Waals surface area contributed by atoms with Crippen LogP contribution in [0.3, 0.4) is 0 Å². The van der Waals surface area contributed by atoms with E-state index in [9.17, 15) is 4.39 Å². The van der Waals surface area contributed by atoms with Crippen molar-refractivity contribution in [3.05, 3.63) is 58.9 Å². The highest BCUT2D eigenvalue weighted by Crippen LogP contribution is 2.36. The van der Waals surface area contributed by atoms with Crippen molar-refractivity contribution in [1.82, 2.24) is 0 Å². The zero-order valence-corrected chi connectivity index (χ0v) is 12.8. The minimum absolute atomic E-state index is 0.0744. The van der Waals surface area contributed by atoms with Gasteiger partial charge in [-0.25, -0.2) is 4.39 Å². The number of nitrogens with one attached hydrogen (secondary N) is 1. The van der Waals surface area contributed by atoms with Gasteiger partial charge in [0, 0.05) is 25.5 Å². The van der Waals surface area contributed by atoms with Crippen LogP contribution in [-0.2, 0) is 6.42 Å². The summed E-state index contributed by atoms with van der Waals surface area (Å²) < 4.78 is 13.8. The monoisotopic (exact) mass is 284 g/mol. The van der Waals surface area contributed by atoms with E-state index in [4.69, 9.17) is 0 Å². The maximum absolute atomic E-state index is 13.8. The highest BCUT2D eigenvalue weighted by atomic mass is 19.1. The van der Waals surface area contributed by atoms with Crippen LogP contribution in [0, 0.1) is 12.7 Å². The molecular formula is C18H21FN2. The molecule has 0 saturated carbocycles. The quantitative estimate of drug-likeness (QED) is 0.904. The van der Waals surface area contributed by atoms with Gasteiger partial charge in [0.1, 0.15) is 5.82 Å². The third-order valence-corrected chi connectivity index (χ3v) is 4.25. The number of aryl methyl sites for hydroxylation is 1. The fourth-order valence-corrected chi connectivity index (χ4v) is 3.14. The molecule has 0 bridgehead atoms. The number of fused-ring (bicyclic) bond motifs is 1. The molecule has 1 unspecified atom stereocenters. The molecule has 2 aromatic carbocycles. The average molecular weight is 284 g/mol. The summed E-state index contributed by atoms with van der Waals surface area (Å²) in [5.74, 6) is -0.0744. The molecule has 0 aromatic heterocycles. The molecule has 1 aliphatic carbocycles. The predicted molar refractivity (Wildman–Crippen MR) is 86.6 cm³/mol. The summed E-state index contributed by atoms with van der Waals surface area (Å²) in [6, 6.07) is 12.0. The van der Waals surface area contributed by atoms with Crippen LogP contribution in [0.4, 0.5) is 15.8 Å². The Morgan fingerprint density at radius 1 is 1.19 bits per heavy atom. The highest BCUT2D eigenvalue weighted by molar-refractivity contribution is 5.62. The van der Waals surface area contributed by atoms with Crippen molar-refractivity contribution in [1.29, 1.82) is 0 Å². The van der Waals surface area contributed by atoms with E-state index in [1.165, 1.54) is 11.3 Å². The van der Waals surface area contributed by atoms with Gasteiger partial charge in [-0.15, -0.1) is 0 Å². The molecule has 0 amide bonds. The first-order chi connectivity index (χ1) is 10.1. The van der Waals surface area contributed by atoms with Crippen molar-refractivity contribution in [3.63, 3.8) is 0 Å². The Balaban J connectivity index is 1.87. The van der Waals surface area contributed by atoms with E-state index in [1.54, 1.807) is 12.1 Å². The fraction of sp³-hybridized carbons (Fsp3) is 0.333. The lowest BCUT2D eigenvalue weighted by Crippen LogP contribution is -2.12. The van der Waals surface area contributed by atoms with Crippen LogP contribution in [0.1, 0.15) is 29.2 Å². The predicted octanol–water partition coefficient (Wildman–Crippen LogP) is 4.30. The van der Waals surface area contributed by atoms with Crippen molar-refractivity contribution in [3.8, 4) is 0 Å². The van der Waals surface area contributed by atoms with Crippen LogP contribution in [0.25, 0.3) is 0 Å². The van der Waals surface area contributed by atoms with Crippen LogP contribution >= 0.6 is 0 Å². The summed E-state index contributed by atoms with van der Waals surface area (Å²) in [7, 11) is 4.10. The Hall–Kier alpha value is -2.03.